The van der Waals surface area contributed by atoms with Gasteiger partial charge in [0.15, 0.2) is 0 Å². The van der Waals surface area contributed by atoms with Gasteiger partial charge in [0.2, 0.25) is 5.82 Å². The molecule has 3 aromatic rings. The monoisotopic (exact) mass is 450 g/mol. The number of benzene rings is 1. The van der Waals surface area contributed by atoms with Gasteiger partial charge in [-0.2, -0.15) is 4.98 Å². The zero-order chi connectivity index (χ0) is 23.9. The number of rotatable bonds is 8. The minimum Gasteiger partial charge on any atom is -0.381 e. The maximum atomic E-state index is 12.4. The minimum atomic E-state index is -1.24. The molecule has 7 nitrogen and oxygen atoms in total. The van der Waals surface area contributed by atoms with Crippen molar-refractivity contribution in [2.45, 2.75) is 58.2 Å². The fourth-order valence-electron chi connectivity index (χ4n) is 4.88. The van der Waals surface area contributed by atoms with Gasteiger partial charge in [-0.05, 0) is 50.9 Å². The number of pyridine rings is 1. The van der Waals surface area contributed by atoms with Crippen molar-refractivity contribution in [2.24, 2.45) is 5.41 Å². The normalized spacial score (nSPS) is 18.0. The van der Waals surface area contributed by atoms with Crippen LogP contribution in [0.3, 0.4) is 0 Å². The molecule has 3 heterocycles. The summed E-state index contributed by atoms with van der Waals surface area (Å²) in [5, 5.41) is 26.5. The lowest BCUT2D eigenvalue weighted by atomic mass is 9.62. The van der Waals surface area contributed by atoms with Crippen molar-refractivity contribution in [3.8, 4) is 11.4 Å². The van der Waals surface area contributed by atoms with Gasteiger partial charge < -0.3 is 19.6 Å². The Morgan fingerprint density at radius 3 is 2.36 bits per heavy atom. The van der Waals surface area contributed by atoms with Gasteiger partial charge in [0.05, 0.1) is 0 Å². The highest BCUT2D eigenvalue weighted by atomic mass is 16.5. The lowest BCUT2D eigenvalue weighted by molar-refractivity contribution is -0.127. The standard InChI is InChI=1S/C26H34N4O3/c1-6-7-8-18-9-11-20(12-10-18)26(32,25(4)16-30(5)17-25)21-13-19(14-27-15-21)22-28-23(33-29-22)24(2,3)31/h9-15,31-32H,6-8,16-17H2,1-5H3. The number of likely N-dealkylation sites (tertiary alicyclic amines) is 1. The number of nitrogens with zero attached hydrogens (tertiary/aromatic N) is 4. The Bertz CT molecular complexity index is 1100. The van der Waals surface area contributed by atoms with Gasteiger partial charge in [0, 0.05) is 42.0 Å². The largest absolute Gasteiger partial charge is 0.381 e. The molecule has 0 saturated carbocycles. The van der Waals surface area contributed by atoms with Gasteiger partial charge >= 0.3 is 0 Å². The van der Waals surface area contributed by atoms with Crippen LogP contribution in [-0.2, 0) is 17.6 Å². The first-order valence-electron chi connectivity index (χ1n) is 11.6. The zero-order valence-corrected chi connectivity index (χ0v) is 20.2. The number of aromatic nitrogens is 3. The van der Waals surface area contributed by atoms with Gasteiger partial charge in [-0.25, -0.2) is 0 Å². The molecular weight excluding hydrogens is 416 g/mol. The molecule has 1 aliphatic heterocycles. The van der Waals surface area contributed by atoms with Crippen LogP contribution in [0.1, 0.15) is 63.1 Å². The minimum absolute atomic E-state index is 0.133. The van der Waals surface area contributed by atoms with E-state index in [1.165, 1.54) is 5.56 Å². The number of hydrogen-bond donors (Lipinski definition) is 2. The second-order valence-corrected chi connectivity index (χ2v) is 10.2. The van der Waals surface area contributed by atoms with Gasteiger partial charge in [0.25, 0.3) is 5.89 Å². The van der Waals surface area contributed by atoms with E-state index in [-0.39, 0.29) is 11.3 Å². The second-order valence-electron chi connectivity index (χ2n) is 10.2. The van der Waals surface area contributed by atoms with Crippen LogP contribution in [0.15, 0.2) is 47.2 Å². The molecular formula is C26H34N4O3. The molecule has 1 atom stereocenters. The predicted molar refractivity (Wildman–Crippen MR) is 126 cm³/mol. The Balaban J connectivity index is 1.76. The van der Waals surface area contributed by atoms with E-state index in [0.29, 0.717) is 17.0 Å². The number of aryl methyl sites for hydroxylation is 1. The van der Waals surface area contributed by atoms with Crippen LogP contribution in [0.4, 0.5) is 0 Å². The van der Waals surface area contributed by atoms with E-state index in [1.54, 1.807) is 26.2 Å². The third-order valence-electron chi connectivity index (χ3n) is 6.67. The van der Waals surface area contributed by atoms with Crippen molar-refractivity contribution in [3.05, 3.63) is 65.3 Å². The summed E-state index contributed by atoms with van der Waals surface area (Å²) < 4.78 is 5.24. The van der Waals surface area contributed by atoms with Crippen LogP contribution in [-0.4, -0.2) is 50.4 Å². The molecule has 0 bridgehead atoms. The molecule has 7 heteroatoms. The highest BCUT2D eigenvalue weighted by Gasteiger charge is 2.55. The number of unbranched alkanes of at least 4 members (excludes halogenated alkanes) is 1. The molecule has 1 fully saturated rings. The van der Waals surface area contributed by atoms with Crippen molar-refractivity contribution in [2.75, 3.05) is 20.1 Å². The van der Waals surface area contributed by atoms with Gasteiger partial charge in [0.1, 0.15) is 11.2 Å². The highest BCUT2D eigenvalue weighted by Crippen LogP contribution is 2.50. The maximum Gasteiger partial charge on any atom is 0.258 e. The summed E-state index contributed by atoms with van der Waals surface area (Å²) in [6, 6.07) is 10.2. The molecule has 1 aliphatic rings. The molecule has 2 N–H and O–H groups in total. The third-order valence-corrected chi connectivity index (χ3v) is 6.67. The summed E-state index contributed by atoms with van der Waals surface area (Å²) in [5.74, 6) is 0.461. The van der Waals surface area contributed by atoms with E-state index in [0.717, 1.165) is 37.9 Å². The summed E-state index contributed by atoms with van der Waals surface area (Å²) in [6.45, 7) is 9.01. The topological polar surface area (TPSA) is 95.5 Å². The average Bonchev–Trinajstić information content (AvgIpc) is 3.28. The summed E-state index contributed by atoms with van der Waals surface area (Å²) in [6.07, 6.45) is 6.70. The second kappa shape index (κ2) is 8.63. The van der Waals surface area contributed by atoms with E-state index >= 15 is 0 Å². The molecule has 4 rings (SSSR count). The summed E-state index contributed by atoms with van der Waals surface area (Å²) in [5.41, 5.74) is 0.573. The van der Waals surface area contributed by atoms with E-state index in [9.17, 15) is 10.2 Å². The van der Waals surface area contributed by atoms with Crippen LogP contribution in [0.2, 0.25) is 0 Å². The lowest BCUT2D eigenvalue weighted by Crippen LogP contribution is -2.63. The summed E-state index contributed by atoms with van der Waals surface area (Å²) >= 11 is 0. The van der Waals surface area contributed by atoms with E-state index in [1.807, 2.05) is 18.2 Å². The first-order chi connectivity index (χ1) is 15.6. The first-order valence-corrected chi connectivity index (χ1v) is 11.6. The Hall–Kier alpha value is -2.61. The number of hydrogen-bond acceptors (Lipinski definition) is 7. The molecule has 0 aliphatic carbocycles. The first kappa shape index (κ1) is 23.5. The molecule has 176 valence electrons. The Kier molecular flexibility index (Phi) is 6.16. The van der Waals surface area contributed by atoms with Crippen molar-refractivity contribution in [1.82, 2.24) is 20.0 Å². The van der Waals surface area contributed by atoms with E-state index < -0.39 is 11.2 Å². The van der Waals surface area contributed by atoms with E-state index in [2.05, 4.69) is 53.1 Å². The van der Waals surface area contributed by atoms with Gasteiger partial charge in [-0.3, -0.25) is 4.98 Å². The molecule has 2 aromatic heterocycles. The molecule has 1 aromatic carbocycles. The average molecular weight is 451 g/mol. The van der Waals surface area contributed by atoms with Crippen molar-refractivity contribution in [3.63, 3.8) is 0 Å². The highest BCUT2D eigenvalue weighted by molar-refractivity contribution is 5.56. The predicted octanol–water partition coefficient (Wildman–Crippen LogP) is 3.89. The molecule has 0 radical (unpaired) electrons. The Morgan fingerprint density at radius 1 is 1.09 bits per heavy atom. The molecule has 0 spiro atoms. The quantitative estimate of drug-likeness (QED) is 0.537. The van der Waals surface area contributed by atoms with Gasteiger partial charge in [-0.1, -0.05) is 49.7 Å². The van der Waals surface area contributed by atoms with Crippen molar-refractivity contribution >= 4 is 0 Å². The summed E-state index contributed by atoms with van der Waals surface area (Å²) in [7, 11) is 2.06. The van der Waals surface area contributed by atoms with Crippen molar-refractivity contribution < 1.29 is 14.7 Å². The smallest absolute Gasteiger partial charge is 0.258 e. The lowest BCUT2D eigenvalue weighted by Gasteiger charge is -2.55. The molecule has 1 unspecified atom stereocenters. The van der Waals surface area contributed by atoms with Crippen LogP contribution >= 0.6 is 0 Å². The van der Waals surface area contributed by atoms with Crippen LogP contribution in [0.5, 0.6) is 0 Å². The fourth-order valence-corrected chi connectivity index (χ4v) is 4.88. The molecule has 1 saturated heterocycles. The SMILES string of the molecule is CCCCc1ccc(C(O)(c2cncc(-c3noc(C(C)(C)O)n3)c2)C2(C)CN(C)C2)cc1. The third kappa shape index (κ3) is 4.33. The van der Waals surface area contributed by atoms with Crippen LogP contribution < -0.4 is 0 Å². The van der Waals surface area contributed by atoms with Crippen LogP contribution in [0.25, 0.3) is 11.4 Å². The van der Waals surface area contributed by atoms with Crippen molar-refractivity contribution in [1.29, 1.82) is 0 Å². The molecule has 0 amide bonds. The van der Waals surface area contributed by atoms with Gasteiger partial charge in [-0.15, -0.1) is 0 Å². The number of aliphatic hydroxyl groups is 2. The van der Waals surface area contributed by atoms with E-state index in [4.69, 9.17) is 4.52 Å². The van der Waals surface area contributed by atoms with Crippen LogP contribution in [0, 0.1) is 5.41 Å². The zero-order valence-electron chi connectivity index (χ0n) is 20.2. The fraction of sp³-hybridized carbons (Fsp3) is 0.500. The summed E-state index contributed by atoms with van der Waals surface area (Å²) in [4.78, 5) is 11.0. The Labute approximate surface area is 195 Å². The Morgan fingerprint density at radius 2 is 1.79 bits per heavy atom. The molecule has 33 heavy (non-hydrogen) atoms. The maximum absolute atomic E-state index is 12.4.